The monoisotopic (exact) mass is 546 g/mol. The summed E-state index contributed by atoms with van der Waals surface area (Å²) in [6.07, 6.45) is 3.90. The van der Waals surface area contributed by atoms with Gasteiger partial charge in [0.25, 0.3) is 5.56 Å². The molecule has 2 aliphatic heterocycles. The predicted molar refractivity (Wildman–Crippen MR) is 163 cm³/mol. The van der Waals surface area contributed by atoms with Crippen LogP contribution < -0.4 is 15.8 Å². The van der Waals surface area contributed by atoms with Gasteiger partial charge >= 0.3 is 0 Å². The van der Waals surface area contributed by atoms with E-state index in [9.17, 15) is 9.90 Å². The highest BCUT2D eigenvalue weighted by Gasteiger charge is 2.38. The Labute approximate surface area is 238 Å². The first-order chi connectivity index (χ1) is 19.3. The molecule has 3 aromatic rings. The minimum atomic E-state index is -0.132. The molecule has 5 rings (SSSR count). The number of piperidine rings is 1. The van der Waals surface area contributed by atoms with Gasteiger partial charge in [-0.1, -0.05) is 25.5 Å². The van der Waals surface area contributed by atoms with Crippen LogP contribution in [0, 0.1) is 0 Å². The number of nitrogens with zero attached hydrogens (tertiary/aromatic N) is 5. The van der Waals surface area contributed by atoms with E-state index in [0.29, 0.717) is 23.7 Å². The zero-order chi connectivity index (χ0) is 28.4. The van der Waals surface area contributed by atoms with E-state index in [4.69, 9.17) is 4.98 Å². The molecule has 0 amide bonds. The summed E-state index contributed by atoms with van der Waals surface area (Å²) in [6, 6.07) is 14.5. The highest BCUT2D eigenvalue weighted by molar-refractivity contribution is 5.82. The van der Waals surface area contributed by atoms with Gasteiger partial charge in [-0.3, -0.25) is 19.2 Å². The maximum atomic E-state index is 13.9. The molecule has 2 saturated heterocycles. The first-order valence-electron chi connectivity index (χ1n) is 15.0. The van der Waals surface area contributed by atoms with E-state index in [-0.39, 0.29) is 17.1 Å². The van der Waals surface area contributed by atoms with Crippen LogP contribution in [0.1, 0.15) is 63.9 Å². The van der Waals surface area contributed by atoms with Gasteiger partial charge in [-0.2, -0.15) is 0 Å². The number of phenolic OH excluding ortho intramolecular Hbond substituents is 1. The Bertz CT molecular complexity index is 1380. The average molecular weight is 547 g/mol. The van der Waals surface area contributed by atoms with E-state index in [2.05, 4.69) is 73.1 Å². The molecule has 2 fully saturated rings. The molecule has 0 aliphatic carbocycles. The van der Waals surface area contributed by atoms with Crippen molar-refractivity contribution in [1.29, 1.82) is 0 Å². The van der Waals surface area contributed by atoms with Crippen molar-refractivity contribution in [3.05, 3.63) is 64.2 Å². The summed E-state index contributed by atoms with van der Waals surface area (Å²) in [5.74, 6) is 1.21. The van der Waals surface area contributed by atoms with Crippen molar-refractivity contribution in [1.82, 2.24) is 24.7 Å². The van der Waals surface area contributed by atoms with E-state index in [1.807, 2.05) is 22.8 Å². The van der Waals surface area contributed by atoms with Crippen molar-refractivity contribution < 1.29 is 5.11 Å². The molecule has 1 aromatic heterocycles. The summed E-state index contributed by atoms with van der Waals surface area (Å²) in [6.45, 7) is 11.7. The number of benzene rings is 2. The molecule has 216 valence electrons. The number of phenols is 1. The largest absolute Gasteiger partial charge is 0.508 e. The van der Waals surface area contributed by atoms with Crippen LogP contribution in [-0.2, 0) is 12.1 Å². The normalized spacial score (nSPS) is 20.8. The Hall–Kier alpha value is -2.94. The standard InChI is InChI=1S/C32H46N6O2/c1-6-9-29(37-19-16-33-23(3)22-37)30-34-28-13-12-25(21-27(28)31(40)38(30)7-2)36-17-14-32(15-18-36,35(4)5)24-10-8-11-26(39)20-24/h8,10-13,20-21,23,29,33,39H,6-7,9,14-19,22H2,1-5H3/t23-,29+/m0/s1. The van der Waals surface area contributed by atoms with Gasteiger partial charge in [-0.15, -0.1) is 0 Å². The summed E-state index contributed by atoms with van der Waals surface area (Å²) in [7, 11) is 4.25. The van der Waals surface area contributed by atoms with Crippen molar-refractivity contribution in [2.24, 2.45) is 0 Å². The number of hydrogen-bond acceptors (Lipinski definition) is 7. The van der Waals surface area contributed by atoms with Crippen LogP contribution >= 0.6 is 0 Å². The summed E-state index contributed by atoms with van der Waals surface area (Å²) in [5, 5.41) is 14.4. The van der Waals surface area contributed by atoms with Gasteiger partial charge in [0, 0.05) is 56.5 Å². The third-order valence-corrected chi connectivity index (χ3v) is 9.18. The molecule has 0 saturated carbocycles. The van der Waals surface area contributed by atoms with Crippen molar-refractivity contribution >= 4 is 16.6 Å². The summed E-state index contributed by atoms with van der Waals surface area (Å²) < 4.78 is 1.91. The molecule has 2 N–H and O–H groups in total. The topological polar surface area (TPSA) is 76.9 Å². The Morgan fingerprint density at radius 1 is 1.12 bits per heavy atom. The molecule has 0 bridgehead atoms. The molecule has 2 atom stereocenters. The first kappa shape index (κ1) is 28.6. The lowest BCUT2D eigenvalue weighted by atomic mass is 9.79. The number of anilines is 1. The lowest BCUT2D eigenvalue weighted by Gasteiger charge is -2.47. The maximum absolute atomic E-state index is 13.9. The molecule has 0 spiro atoms. The second-order valence-corrected chi connectivity index (χ2v) is 11.8. The van der Waals surface area contributed by atoms with Crippen LogP contribution in [-0.4, -0.2) is 77.3 Å². The Morgan fingerprint density at radius 2 is 1.90 bits per heavy atom. The fourth-order valence-electron chi connectivity index (χ4n) is 6.90. The Morgan fingerprint density at radius 3 is 2.55 bits per heavy atom. The number of nitrogens with one attached hydrogen (secondary N) is 1. The molecule has 40 heavy (non-hydrogen) atoms. The Balaban J connectivity index is 1.45. The highest BCUT2D eigenvalue weighted by Crippen LogP contribution is 2.40. The smallest absolute Gasteiger partial charge is 0.261 e. The van der Waals surface area contributed by atoms with E-state index < -0.39 is 0 Å². The summed E-state index contributed by atoms with van der Waals surface area (Å²) in [4.78, 5) is 26.3. The highest BCUT2D eigenvalue weighted by atomic mass is 16.3. The molecule has 0 unspecified atom stereocenters. The number of hydrogen-bond donors (Lipinski definition) is 2. The van der Waals surface area contributed by atoms with Gasteiger partial charge in [0.05, 0.1) is 16.9 Å². The minimum Gasteiger partial charge on any atom is -0.508 e. The average Bonchev–Trinajstić information content (AvgIpc) is 2.95. The van der Waals surface area contributed by atoms with Crippen LogP contribution in [0.15, 0.2) is 47.3 Å². The summed E-state index contributed by atoms with van der Waals surface area (Å²) >= 11 is 0. The van der Waals surface area contributed by atoms with Crippen LogP contribution in [0.5, 0.6) is 5.75 Å². The number of fused-ring (bicyclic) bond motifs is 1. The Kier molecular flexibility index (Phi) is 8.50. The third kappa shape index (κ3) is 5.37. The molecule has 3 heterocycles. The molecule has 0 radical (unpaired) electrons. The fraction of sp³-hybridized carbons (Fsp3) is 0.562. The third-order valence-electron chi connectivity index (χ3n) is 9.18. The number of aromatic nitrogens is 2. The van der Waals surface area contributed by atoms with E-state index >= 15 is 0 Å². The molecule has 8 nitrogen and oxygen atoms in total. The molecule has 2 aliphatic rings. The van der Waals surface area contributed by atoms with Crippen molar-refractivity contribution in [3.8, 4) is 5.75 Å². The lowest BCUT2D eigenvalue weighted by Crippen LogP contribution is -2.51. The van der Waals surface area contributed by atoms with E-state index in [0.717, 1.165) is 81.0 Å². The van der Waals surface area contributed by atoms with Crippen LogP contribution in [0.25, 0.3) is 10.9 Å². The van der Waals surface area contributed by atoms with Crippen LogP contribution in [0.4, 0.5) is 5.69 Å². The van der Waals surface area contributed by atoms with Crippen LogP contribution in [0.3, 0.4) is 0 Å². The number of rotatable bonds is 8. The summed E-state index contributed by atoms with van der Waals surface area (Å²) in [5.41, 5.74) is 2.95. The van der Waals surface area contributed by atoms with Gasteiger partial charge in [0.2, 0.25) is 0 Å². The van der Waals surface area contributed by atoms with Gasteiger partial charge in [-0.25, -0.2) is 4.98 Å². The maximum Gasteiger partial charge on any atom is 0.261 e. The fourth-order valence-corrected chi connectivity index (χ4v) is 6.90. The van der Waals surface area contributed by atoms with Crippen molar-refractivity contribution in [2.75, 3.05) is 51.7 Å². The van der Waals surface area contributed by atoms with E-state index in [1.165, 1.54) is 0 Å². The SMILES string of the molecule is CCC[C@H](c1nc2ccc(N3CCC(c4cccc(O)c4)(N(C)C)CC3)cc2c(=O)n1CC)N1CCN[C@@H](C)C1. The van der Waals surface area contributed by atoms with Gasteiger partial charge in [0.15, 0.2) is 0 Å². The number of piperazine rings is 1. The van der Waals surface area contributed by atoms with Gasteiger partial charge in [-0.05, 0) is 83.1 Å². The van der Waals surface area contributed by atoms with Crippen molar-refractivity contribution in [3.63, 3.8) is 0 Å². The second-order valence-electron chi connectivity index (χ2n) is 11.8. The molecular weight excluding hydrogens is 500 g/mol. The zero-order valence-electron chi connectivity index (χ0n) is 24.9. The minimum absolute atomic E-state index is 0.0630. The van der Waals surface area contributed by atoms with Crippen LogP contribution in [0.2, 0.25) is 0 Å². The van der Waals surface area contributed by atoms with Gasteiger partial charge < -0.3 is 15.3 Å². The first-order valence-corrected chi connectivity index (χ1v) is 15.0. The quantitative estimate of drug-likeness (QED) is 0.436. The zero-order valence-corrected chi connectivity index (χ0v) is 24.9. The predicted octanol–water partition coefficient (Wildman–Crippen LogP) is 4.31. The number of aromatic hydroxyl groups is 1. The molecule has 2 aromatic carbocycles. The van der Waals surface area contributed by atoms with Gasteiger partial charge in [0.1, 0.15) is 11.6 Å². The lowest BCUT2D eigenvalue weighted by molar-refractivity contribution is 0.115. The molecule has 8 heteroatoms. The van der Waals surface area contributed by atoms with E-state index in [1.54, 1.807) is 6.07 Å². The van der Waals surface area contributed by atoms with Crippen molar-refractivity contribution in [2.45, 2.75) is 70.6 Å². The molecular formula is C32H46N6O2. The second kappa shape index (κ2) is 11.9.